The number of hydrogen-bond acceptors (Lipinski definition) is 3. The van der Waals surface area contributed by atoms with Crippen molar-refractivity contribution in [1.29, 1.82) is 0 Å². The summed E-state index contributed by atoms with van der Waals surface area (Å²) in [5.41, 5.74) is 7.56. The van der Waals surface area contributed by atoms with Crippen LogP contribution in [0.15, 0.2) is 42.7 Å². The first-order chi connectivity index (χ1) is 10.1. The van der Waals surface area contributed by atoms with Crippen LogP contribution in [0, 0.1) is 5.41 Å². The molecule has 0 amide bonds. The third kappa shape index (κ3) is 3.51. The quantitative estimate of drug-likeness (QED) is 0.946. The van der Waals surface area contributed by atoms with Crippen LogP contribution in [0.4, 0.5) is 0 Å². The van der Waals surface area contributed by atoms with Gasteiger partial charge in [-0.05, 0) is 24.0 Å². The lowest BCUT2D eigenvalue weighted by atomic mass is 9.80. The van der Waals surface area contributed by atoms with Gasteiger partial charge in [0.1, 0.15) is 5.82 Å². The maximum atomic E-state index is 6.22. The molecule has 4 nitrogen and oxygen atoms in total. The van der Waals surface area contributed by atoms with Gasteiger partial charge in [-0.25, -0.2) is 4.98 Å². The maximum Gasteiger partial charge on any atom is 0.127 e. The van der Waals surface area contributed by atoms with Crippen LogP contribution in [0.5, 0.6) is 0 Å². The molecule has 2 aromatic rings. The molecule has 5 heteroatoms. The summed E-state index contributed by atoms with van der Waals surface area (Å²) >= 11 is 0. The fraction of sp³-hybridized carbons (Fsp3) is 0.471. The number of benzene rings is 1. The van der Waals surface area contributed by atoms with Gasteiger partial charge >= 0.3 is 0 Å². The van der Waals surface area contributed by atoms with Crippen molar-refractivity contribution in [1.82, 2.24) is 14.5 Å². The van der Waals surface area contributed by atoms with Gasteiger partial charge in [0.2, 0.25) is 0 Å². The zero-order valence-corrected chi connectivity index (χ0v) is 14.1. The van der Waals surface area contributed by atoms with Gasteiger partial charge in [0, 0.05) is 37.2 Å². The second kappa shape index (κ2) is 6.82. The summed E-state index contributed by atoms with van der Waals surface area (Å²) in [6.45, 7) is 7.46. The fourth-order valence-corrected chi connectivity index (χ4v) is 3.09. The molecule has 1 atom stereocenters. The van der Waals surface area contributed by atoms with E-state index in [0.717, 1.165) is 37.6 Å². The van der Waals surface area contributed by atoms with Gasteiger partial charge in [0.15, 0.2) is 0 Å². The Balaban J connectivity index is 0.00000176. The molecule has 120 valence electrons. The van der Waals surface area contributed by atoms with Crippen molar-refractivity contribution in [3.05, 3.63) is 48.5 Å². The van der Waals surface area contributed by atoms with E-state index in [-0.39, 0.29) is 17.8 Å². The Bertz CT molecular complexity index is 594. The Kier molecular flexibility index (Phi) is 5.27. The van der Waals surface area contributed by atoms with E-state index in [2.05, 4.69) is 52.6 Å². The van der Waals surface area contributed by atoms with Crippen molar-refractivity contribution in [3.63, 3.8) is 0 Å². The zero-order valence-electron chi connectivity index (χ0n) is 13.3. The Morgan fingerprint density at radius 1 is 1.27 bits per heavy atom. The predicted molar refractivity (Wildman–Crippen MR) is 92.5 cm³/mol. The molecular weight excluding hydrogens is 296 g/mol. The molecule has 0 bridgehead atoms. The van der Waals surface area contributed by atoms with Crippen LogP contribution < -0.4 is 5.73 Å². The second-order valence-electron chi connectivity index (χ2n) is 6.64. The number of rotatable bonds is 3. The number of aromatic nitrogens is 2. The average Bonchev–Trinajstić information content (AvgIpc) is 2.92. The minimum Gasteiger partial charge on any atom is -0.327 e. The lowest BCUT2D eigenvalue weighted by Gasteiger charge is -2.42. The lowest BCUT2D eigenvalue weighted by Crippen LogP contribution is -2.52. The lowest BCUT2D eigenvalue weighted by molar-refractivity contribution is 0.0875. The minimum absolute atomic E-state index is 0. The highest BCUT2D eigenvalue weighted by Gasteiger charge is 2.33. The number of likely N-dealkylation sites (tertiary alicyclic amines) is 1. The monoisotopic (exact) mass is 320 g/mol. The normalized spacial score (nSPS) is 21.3. The van der Waals surface area contributed by atoms with Crippen molar-refractivity contribution in [2.75, 3.05) is 13.1 Å². The molecule has 3 rings (SSSR count). The van der Waals surface area contributed by atoms with Crippen molar-refractivity contribution in [3.8, 4) is 5.69 Å². The summed E-state index contributed by atoms with van der Waals surface area (Å²) in [6, 6.07) is 10.7. The number of piperidine rings is 1. The molecule has 1 fully saturated rings. The summed E-state index contributed by atoms with van der Waals surface area (Å²) in [4.78, 5) is 7.01. The van der Waals surface area contributed by atoms with Crippen molar-refractivity contribution in [2.45, 2.75) is 32.9 Å². The summed E-state index contributed by atoms with van der Waals surface area (Å²) in [7, 11) is 0. The SMILES string of the molecule is CC1(C)CN(Cc2nccn2-c2ccccc2)CCC1N.Cl. The smallest absolute Gasteiger partial charge is 0.127 e. The van der Waals surface area contributed by atoms with Crippen molar-refractivity contribution >= 4 is 12.4 Å². The third-order valence-corrected chi connectivity index (χ3v) is 4.51. The van der Waals surface area contributed by atoms with E-state index in [4.69, 9.17) is 5.73 Å². The molecule has 2 N–H and O–H groups in total. The molecule has 0 spiro atoms. The minimum atomic E-state index is 0. The number of nitrogens with zero attached hydrogens (tertiary/aromatic N) is 3. The average molecular weight is 321 g/mol. The van der Waals surface area contributed by atoms with Gasteiger partial charge in [0.25, 0.3) is 0 Å². The molecule has 1 aromatic carbocycles. The van der Waals surface area contributed by atoms with Crippen LogP contribution in [0.25, 0.3) is 5.69 Å². The van der Waals surface area contributed by atoms with E-state index < -0.39 is 0 Å². The van der Waals surface area contributed by atoms with E-state index in [1.807, 2.05) is 18.5 Å². The zero-order chi connectivity index (χ0) is 14.9. The highest BCUT2D eigenvalue weighted by Crippen LogP contribution is 2.28. The molecule has 1 aromatic heterocycles. The molecule has 0 radical (unpaired) electrons. The molecule has 22 heavy (non-hydrogen) atoms. The van der Waals surface area contributed by atoms with Crippen LogP contribution in [0.3, 0.4) is 0 Å². The number of para-hydroxylation sites is 1. The molecule has 1 aliphatic rings. The third-order valence-electron chi connectivity index (χ3n) is 4.51. The molecule has 2 heterocycles. The second-order valence-corrected chi connectivity index (χ2v) is 6.64. The summed E-state index contributed by atoms with van der Waals surface area (Å²) in [5, 5.41) is 0. The van der Waals surface area contributed by atoms with Crippen molar-refractivity contribution in [2.24, 2.45) is 11.1 Å². The first-order valence-electron chi connectivity index (χ1n) is 7.62. The Morgan fingerprint density at radius 3 is 2.68 bits per heavy atom. The molecule has 0 saturated carbocycles. The summed E-state index contributed by atoms with van der Waals surface area (Å²) in [6.07, 6.45) is 4.97. The highest BCUT2D eigenvalue weighted by molar-refractivity contribution is 5.85. The van der Waals surface area contributed by atoms with Gasteiger partial charge < -0.3 is 10.3 Å². The fourth-order valence-electron chi connectivity index (χ4n) is 3.09. The Hall–Kier alpha value is -1.36. The predicted octanol–water partition coefficient (Wildman–Crippen LogP) is 2.85. The van der Waals surface area contributed by atoms with Gasteiger partial charge in [-0.3, -0.25) is 4.90 Å². The van der Waals surface area contributed by atoms with Crippen LogP contribution in [0.2, 0.25) is 0 Å². The van der Waals surface area contributed by atoms with Crippen LogP contribution in [0.1, 0.15) is 26.1 Å². The first-order valence-corrected chi connectivity index (χ1v) is 7.62. The van der Waals surface area contributed by atoms with Gasteiger partial charge in [-0.2, -0.15) is 0 Å². The first kappa shape index (κ1) is 17.0. The summed E-state index contributed by atoms with van der Waals surface area (Å²) < 4.78 is 2.17. The van der Waals surface area contributed by atoms with E-state index in [1.165, 1.54) is 0 Å². The van der Waals surface area contributed by atoms with Crippen molar-refractivity contribution < 1.29 is 0 Å². The molecule has 1 unspecified atom stereocenters. The largest absolute Gasteiger partial charge is 0.327 e. The van der Waals surface area contributed by atoms with Crippen LogP contribution in [-0.4, -0.2) is 33.6 Å². The van der Waals surface area contributed by atoms with Gasteiger partial charge in [-0.15, -0.1) is 12.4 Å². The van der Waals surface area contributed by atoms with Crippen LogP contribution >= 0.6 is 12.4 Å². The number of halogens is 1. The van der Waals surface area contributed by atoms with E-state index >= 15 is 0 Å². The highest BCUT2D eigenvalue weighted by atomic mass is 35.5. The molecule has 1 aliphatic heterocycles. The van der Waals surface area contributed by atoms with Gasteiger partial charge in [0.05, 0.1) is 6.54 Å². The molecule has 0 aliphatic carbocycles. The van der Waals surface area contributed by atoms with Crippen LogP contribution in [-0.2, 0) is 6.54 Å². The standard InChI is InChI=1S/C17H24N4.ClH/c1-17(2)13-20(10-8-15(17)18)12-16-19-9-11-21(16)14-6-4-3-5-7-14;/h3-7,9,11,15H,8,10,12-13,18H2,1-2H3;1H. The molecular formula is C17H25ClN4. The van der Waals surface area contributed by atoms with E-state index in [1.54, 1.807) is 0 Å². The number of imidazole rings is 1. The Morgan fingerprint density at radius 2 is 2.00 bits per heavy atom. The maximum absolute atomic E-state index is 6.22. The molecule has 1 saturated heterocycles. The number of nitrogens with two attached hydrogens (primary N) is 1. The topological polar surface area (TPSA) is 47.1 Å². The number of hydrogen-bond donors (Lipinski definition) is 1. The van der Waals surface area contributed by atoms with Gasteiger partial charge in [-0.1, -0.05) is 32.0 Å². The van der Waals surface area contributed by atoms with E-state index in [0.29, 0.717) is 6.04 Å². The van der Waals surface area contributed by atoms with E-state index in [9.17, 15) is 0 Å². The Labute approximate surface area is 138 Å². The summed E-state index contributed by atoms with van der Waals surface area (Å²) in [5.74, 6) is 1.09.